The summed E-state index contributed by atoms with van der Waals surface area (Å²) in [6, 6.07) is 6.04. The molecule has 0 bridgehead atoms. The van der Waals surface area contributed by atoms with Crippen LogP contribution in [0.2, 0.25) is 0 Å². The summed E-state index contributed by atoms with van der Waals surface area (Å²) in [7, 11) is -3.67. The first kappa shape index (κ1) is 12.8. The van der Waals surface area contributed by atoms with Crippen molar-refractivity contribution in [3.8, 4) is 0 Å². The number of hydrogen-bond donors (Lipinski definition) is 0. The Kier molecular flexibility index (Phi) is 2.59. The summed E-state index contributed by atoms with van der Waals surface area (Å²) in [5, 5.41) is 0. The van der Waals surface area contributed by atoms with Crippen LogP contribution in [0.1, 0.15) is 31.1 Å². The first-order valence-corrected chi connectivity index (χ1v) is 6.84. The third kappa shape index (κ3) is 1.49. The van der Waals surface area contributed by atoms with E-state index in [-0.39, 0.29) is 11.5 Å². The van der Waals surface area contributed by atoms with E-state index < -0.39 is 20.7 Å². The Labute approximate surface area is 105 Å². The minimum absolute atomic E-state index is 0.179. The summed E-state index contributed by atoms with van der Waals surface area (Å²) < 4.78 is 23.3. The van der Waals surface area contributed by atoms with E-state index in [1.54, 1.807) is 12.1 Å². The number of nitrogens with zero attached hydrogens (tertiary/aromatic N) is 1. The SMILES string of the molecule is CC(=O)c1cccc(N2C(=O)C(C)(C)S2(=O)=O)c1. The van der Waals surface area contributed by atoms with E-state index in [9.17, 15) is 18.0 Å². The molecule has 1 aliphatic rings. The Morgan fingerprint density at radius 1 is 1.28 bits per heavy atom. The molecule has 0 radical (unpaired) electrons. The maximum absolute atomic E-state index is 12.0. The number of carbonyl (C=O) groups excluding carboxylic acids is 2. The van der Waals surface area contributed by atoms with Crippen LogP contribution in [-0.4, -0.2) is 24.9 Å². The lowest BCUT2D eigenvalue weighted by atomic mass is 10.1. The van der Waals surface area contributed by atoms with Crippen LogP contribution >= 0.6 is 0 Å². The van der Waals surface area contributed by atoms with E-state index in [0.29, 0.717) is 5.56 Å². The lowest BCUT2D eigenvalue weighted by Crippen LogP contribution is -2.67. The van der Waals surface area contributed by atoms with Gasteiger partial charge in [0.1, 0.15) is 0 Å². The molecule has 1 fully saturated rings. The number of rotatable bonds is 2. The van der Waals surface area contributed by atoms with Crippen LogP contribution in [0.3, 0.4) is 0 Å². The van der Waals surface area contributed by atoms with Crippen molar-refractivity contribution in [2.24, 2.45) is 0 Å². The van der Waals surface area contributed by atoms with E-state index in [1.807, 2.05) is 0 Å². The quantitative estimate of drug-likeness (QED) is 0.758. The third-order valence-corrected chi connectivity index (χ3v) is 5.39. The summed E-state index contributed by atoms with van der Waals surface area (Å²) in [5.41, 5.74) is 0.590. The Morgan fingerprint density at radius 3 is 2.39 bits per heavy atom. The molecule has 0 saturated carbocycles. The van der Waals surface area contributed by atoms with Crippen LogP contribution in [0.5, 0.6) is 0 Å². The maximum Gasteiger partial charge on any atom is 0.263 e. The van der Waals surface area contributed by atoms with Gasteiger partial charge >= 0.3 is 0 Å². The lowest BCUT2D eigenvalue weighted by Gasteiger charge is -2.42. The standard InChI is InChI=1S/C12H13NO4S/c1-8(14)9-5-4-6-10(7-9)13-11(15)12(2,3)18(13,16)17/h4-7H,1-3H3. The molecular formula is C12H13NO4S. The molecule has 2 rings (SSSR count). The van der Waals surface area contributed by atoms with Gasteiger partial charge in [0.05, 0.1) is 5.69 Å². The van der Waals surface area contributed by atoms with Gasteiger partial charge in [-0.05, 0) is 32.9 Å². The Morgan fingerprint density at radius 2 is 1.89 bits per heavy atom. The number of benzene rings is 1. The summed E-state index contributed by atoms with van der Waals surface area (Å²) in [6.45, 7) is 4.13. The Balaban J connectivity index is 2.50. The fourth-order valence-corrected chi connectivity index (χ4v) is 3.23. The molecule has 0 atom stereocenters. The molecule has 18 heavy (non-hydrogen) atoms. The van der Waals surface area contributed by atoms with E-state index >= 15 is 0 Å². The number of carbonyl (C=O) groups is 2. The molecule has 5 nitrogen and oxygen atoms in total. The van der Waals surface area contributed by atoms with Gasteiger partial charge in [-0.15, -0.1) is 0 Å². The van der Waals surface area contributed by atoms with Crippen LogP contribution in [0.25, 0.3) is 0 Å². The number of hydrogen-bond acceptors (Lipinski definition) is 4. The number of Topliss-reactive ketones (excluding diaryl/α,β-unsaturated/α-hetero) is 1. The van der Waals surface area contributed by atoms with Crippen LogP contribution < -0.4 is 4.31 Å². The van der Waals surface area contributed by atoms with Crippen LogP contribution in [0, 0.1) is 0 Å². The molecule has 6 heteroatoms. The second-order valence-corrected chi connectivity index (χ2v) is 7.03. The predicted molar refractivity (Wildman–Crippen MR) is 66.9 cm³/mol. The summed E-state index contributed by atoms with van der Waals surface area (Å²) in [4.78, 5) is 23.1. The smallest absolute Gasteiger partial charge is 0.263 e. The zero-order valence-electron chi connectivity index (χ0n) is 10.3. The molecule has 0 N–H and O–H groups in total. The van der Waals surface area contributed by atoms with Gasteiger partial charge in [-0.2, -0.15) is 0 Å². The van der Waals surface area contributed by atoms with Gasteiger partial charge in [0.2, 0.25) is 0 Å². The molecule has 1 aliphatic heterocycles. The molecule has 1 saturated heterocycles. The van der Waals surface area contributed by atoms with E-state index in [1.165, 1.54) is 32.9 Å². The second kappa shape index (κ2) is 3.65. The minimum atomic E-state index is -3.67. The highest BCUT2D eigenvalue weighted by Crippen LogP contribution is 2.39. The lowest BCUT2D eigenvalue weighted by molar-refractivity contribution is -0.120. The van der Waals surface area contributed by atoms with Crippen molar-refractivity contribution < 1.29 is 18.0 Å². The summed E-state index contributed by atoms with van der Waals surface area (Å²) >= 11 is 0. The number of sulfonamides is 1. The van der Waals surface area contributed by atoms with Gasteiger partial charge < -0.3 is 0 Å². The first-order valence-electron chi connectivity index (χ1n) is 5.40. The van der Waals surface area contributed by atoms with Crippen molar-refractivity contribution in [2.75, 3.05) is 4.31 Å². The van der Waals surface area contributed by atoms with Crippen molar-refractivity contribution in [2.45, 2.75) is 25.5 Å². The highest BCUT2D eigenvalue weighted by atomic mass is 32.2. The van der Waals surface area contributed by atoms with E-state index in [2.05, 4.69) is 0 Å². The van der Waals surface area contributed by atoms with Gasteiger partial charge in [0.25, 0.3) is 15.9 Å². The normalized spacial score (nSPS) is 20.4. The van der Waals surface area contributed by atoms with Gasteiger partial charge in [-0.25, -0.2) is 12.7 Å². The molecule has 0 spiro atoms. The average molecular weight is 267 g/mol. The van der Waals surface area contributed by atoms with Gasteiger partial charge in [0, 0.05) is 5.56 Å². The van der Waals surface area contributed by atoms with Crippen molar-refractivity contribution in [1.82, 2.24) is 0 Å². The minimum Gasteiger partial charge on any atom is -0.295 e. The van der Waals surface area contributed by atoms with Crippen LogP contribution in [0.4, 0.5) is 5.69 Å². The average Bonchev–Trinajstić information content (AvgIpc) is 2.29. The zero-order valence-corrected chi connectivity index (χ0v) is 11.1. The first-order chi connectivity index (χ1) is 8.19. The fourth-order valence-electron chi connectivity index (χ4n) is 1.76. The molecule has 1 amide bonds. The molecule has 0 aliphatic carbocycles. The molecule has 96 valence electrons. The van der Waals surface area contributed by atoms with Gasteiger partial charge in [-0.1, -0.05) is 12.1 Å². The molecular weight excluding hydrogens is 254 g/mol. The highest BCUT2D eigenvalue weighted by Gasteiger charge is 2.60. The third-order valence-electron chi connectivity index (χ3n) is 3.07. The van der Waals surface area contributed by atoms with Crippen molar-refractivity contribution in [3.63, 3.8) is 0 Å². The highest BCUT2D eigenvalue weighted by molar-refractivity contribution is 7.98. The van der Waals surface area contributed by atoms with Crippen LogP contribution in [0.15, 0.2) is 24.3 Å². The summed E-state index contributed by atoms with van der Waals surface area (Å²) in [5.74, 6) is -0.662. The molecule has 1 aromatic carbocycles. The number of ketones is 1. The second-order valence-electron chi connectivity index (χ2n) is 4.69. The zero-order chi connectivity index (χ0) is 13.7. The van der Waals surface area contributed by atoms with E-state index in [4.69, 9.17) is 0 Å². The Bertz CT molecular complexity index is 646. The summed E-state index contributed by atoms with van der Waals surface area (Å²) in [6.07, 6.45) is 0. The maximum atomic E-state index is 12.0. The van der Waals surface area contributed by atoms with Crippen molar-refractivity contribution in [3.05, 3.63) is 29.8 Å². The Hall–Kier alpha value is -1.69. The topological polar surface area (TPSA) is 71.5 Å². The van der Waals surface area contributed by atoms with Crippen molar-refractivity contribution in [1.29, 1.82) is 0 Å². The molecule has 1 aromatic rings. The number of amides is 1. The van der Waals surface area contributed by atoms with Gasteiger partial charge in [-0.3, -0.25) is 9.59 Å². The number of anilines is 1. The molecule has 0 aromatic heterocycles. The van der Waals surface area contributed by atoms with Crippen LogP contribution in [-0.2, 0) is 14.8 Å². The monoisotopic (exact) mass is 267 g/mol. The van der Waals surface area contributed by atoms with Crippen molar-refractivity contribution >= 4 is 27.4 Å². The van der Waals surface area contributed by atoms with E-state index in [0.717, 1.165) is 4.31 Å². The molecule has 0 unspecified atom stereocenters. The molecule has 1 heterocycles. The van der Waals surface area contributed by atoms with Gasteiger partial charge in [0.15, 0.2) is 10.5 Å². The predicted octanol–water partition coefficient (Wildman–Crippen LogP) is 1.34. The largest absolute Gasteiger partial charge is 0.295 e. The fraction of sp³-hybridized carbons (Fsp3) is 0.333.